The summed E-state index contributed by atoms with van der Waals surface area (Å²) in [5.41, 5.74) is 2.19. The van der Waals surface area contributed by atoms with Crippen LogP contribution in [0.1, 0.15) is 38.3 Å². The average molecular weight is 418 g/mol. The molecule has 1 aliphatic rings. The van der Waals surface area contributed by atoms with Crippen molar-refractivity contribution in [3.63, 3.8) is 0 Å². The minimum absolute atomic E-state index is 0.0741. The van der Waals surface area contributed by atoms with Crippen molar-refractivity contribution in [2.75, 3.05) is 12.0 Å². The third-order valence-electron chi connectivity index (χ3n) is 5.43. The van der Waals surface area contributed by atoms with Crippen LogP contribution < -0.4 is 15.1 Å². The van der Waals surface area contributed by atoms with Gasteiger partial charge in [-0.2, -0.15) is 0 Å². The molecule has 6 nitrogen and oxygen atoms in total. The quantitative estimate of drug-likeness (QED) is 0.485. The molecule has 0 unspecified atom stereocenters. The summed E-state index contributed by atoms with van der Waals surface area (Å²) in [4.78, 5) is 34.1. The SMILES string of the molecule is COc1ccc([C@@H]2c3c(oc4ccccc4c3=O)C(=O)N2c2nc(C)c(C)s2)cc1. The van der Waals surface area contributed by atoms with E-state index in [4.69, 9.17) is 9.15 Å². The van der Waals surface area contributed by atoms with Crippen LogP contribution in [0.3, 0.4) is 0 Å². The van der Waals surface area contributed by atoms with Crippen molar-refractivity contribution in [3.05, 3.63) is 86.2 Å². The molecular weight excluding hydrogens is 400 g/mol. The molecule has 1 amide bonds. The van der Waals surface area contributed by atoms with Gasteiger partial charge < -0.3 is 9.15 Å². The number of para-hydroxylation sites is 1. The zero-order valence-electron chi connectivity index (χ0n) is 16.6. The summed E-state index contributed by atoms with van der Waals surface area (Å²) in [6, 6.07) is 13.7. The van der Waals surface area contributed by atoms with Gasteiger partial charge in [-0.3, -0.25) is 14.5 Å². The van der Waals surface area contributed by atoms with Gasteiger partial charge in [0.05, 0.1) is 29.8 Å². The Balaban J connectivity index is 1.79. The molecule has 150 valence electrons. The predicted molar refractivity (Wildman–Crippen MR) is 116 cm³/mol. The van der Waals surface area contributed by atoms with E-state index >= 15 is 0 Å². The van der Waals surface area contributed by atoms with Gasteiger partial charge in [0.15, 0.2) is 10.6 Å². The lowest BCUT2D eigenvalue weighted by Crippen LogP contribution is -2.29. The Morgan fingerprint density at radius 1 is 1.07 bits per heavy atom. The maximum absolute atomic E-state index is 13.5. The molecule has 7 heteroatoms. The van der Waals surface area contributed by atoms with E-state index < -0.39 is 6.04 Å². The zero-order chi connectivity index (χ0) is 21.0. The van der Waals surface area contributed by atoms with Gasteiger partial charge in [-0.15, -0.1) is 11.3 Å². The van der Waals surface area contributed by atoms with Gasteiger partial charge in [-0.25, -0.2) is 4.98 Å². The van der Waals surface area contributed by atoms with Crippen LogP contribution in [0, 0.1) is 13.8 Å². The first kappa shape index (κ1) is 18.6. The Morgan fingerprint density at radius 3 is 2.47 bits per heavy atom. The Hall–Kier alpha value is -3.45. The fraction of sp³-hybridized carbons (Fsp3) is 0.174. The predicted octanol–water partition coefficient (Wildman–Crippen LogP) is 4.62. The van der Waals surface area contributed by atoms with Gasteiger partial charge in [0, 0.05) is 4.88 Å². The fourth-order valence-electron chi connectivity index (χ4n) is 3.78. The molecule has 0 fully saturated rings. The molecule has 0 bridgehead atoms. The largest absolute Gasteiger partial charge is 0.497 e. The monoisotopic (exact) mass is 418 g/mol. The lowest BCUT2D eigenvalue weighted by molar-refractivity contribution is 0.0971. The first-order valence-electron chi connectivity index (χ1n) is 9.47. The van der Waals surface area contributed by atoms with Crippen LogP contribution in [0.5, 0.6) is 5.75 Å². The summed E-state index contributed by atoms with van der Waals surface area (Å²) in [7, 11) is 1.59. The smallest absolute Gasteiger partial charge is 0.297 e. The molecule has 0 N–H and O–H groups in total. The first-order chi connectivity index (χ1) is 14.5. The highest BCUT2D eigenvalue weighted by Crippen LogP contribution is 2.43. The van der Waals surface area contributed by atoms with Gasteiger partial charge >= 0.3 is 0 Å². The number of rotatable bonds is 3. The topological polar surface area (TPSA) is 72.6 Å². The minimum Gasteiger partial charge on any atom is -0.497 e. The summed E-state index contributed by atoms with van der Waals surface area (Å²) in [5, 5.41) is 1.00. The zero-order valence-corrected chi connectivity index (χ0v) is 17.4. The molecule has 0 aliphatic carbocycles. The number of amides is 1. The second-order valence-corrected chi connectivity index (χ2v) is 8.34. The fourth-order valence-corrected chi connectivity index (χ4v) is 4.71. The maximum Gasteiger partial charge on any atom is 0.297 e. The average Bonchev–Trinajstić information content (AvgIpc) is 3.24. The minimum atomic E-state index is -0.621. The number of aromatic nitrogens is 1. The highest BCUT2D eigenvalue weighted by Gasteiger charge is 2.45. The van der Waals surface area contributed by atoms with E-state index in [9.17, 15) is 9.59 Å². The normalized spacial score (nSPS) is 15.6. The molecule has 2 aromatic carbocycles. The molecule has 2 aromatic heterocycles. The van der Waals surface area contributed by atoms with Crippen LogP contribution in [0.4, 0.5) is 5.13 Å². The second-order valence-electron chi connectivity index (χ2n) is 7.16. The number of methoxy groups -OCH3 is 1. The Bertz CT molecular complexity index is 1330. The van der Waals surface area contributed by atoms with Crippen molar-refractivity contribution in [2.45, 2.75) is 19.9 Å². The van der Waals surface area contributed by atoms with E-state index in [-0.39, 0.29) is 17.1 Å². The maximum atomic E-state index is 13.5. The van der Waals surface area contributed by atoms with Crippen molar-refractivity contribution >= 4 is 33.3 Å². The Morgan fingerprint density at radius 2 is 1.80 bits per heavy atom. The van der Waals surface area contributed by atoms with Crippen LogP contribution in [-0.2, 0) is 0 Å². The van der Waals surface area contributed by atoms with Crippen molar-refractivity contribution < 1.29 is 13.9 Å². The second kappa shape index (κ2) is 6.81. The summed E-state index contributed by atoms with van der Waals surface area (Å²) < 4.78 is 11.2. The molecule has 5 rings (SSSR count). The lowest BCUT2D eigenvalue weighted by atomic mass is 9.98. The third-order valence-corrected chi connectivity index (χ3v) is 6.50. The molecule has 0 saturated heterocycles. The number of nitrogens with zero attached hydrogens (tertiary/aromatic N) is 2. The highest BCUT2D eigenvalue weighted by molar-refractivity contribution is 7.15. The number of benzene rings is 2. The molecular formula is C23H18N2O4S. The summed E-state index contributed by atoms with van der Waals surface area (Å²) in [6.07, 6.45) is 0. The first-order valence-corrected chi connectivity index (χ1v) is 10.3. The number of hydrogen-bond donors (Lipinski definition) is 0. The highest BCUT2D eigenvalue weighted by atomic mass is 32.1. The summed E-state index contributed by atoms with van der Waals surface area (Å²) in [6.45, 7) is 3.87. The summed E-state index contributed by atoms with van der Waals surface area (Å²) in [5.74, 6) is 0.411. The number of anilines is 1. The van der Waals surface area contributed by atoms with E-state index in [2.05, 4.69) is 4.98 Å². The van der Waals surface area contributed by atoms with Crippen LogP contribution >= 0.6 is 11.3 Å². The molecule has 4 aromatic rings. The molecule has 0 saturated carbocycles. The van der Waals surface area contributed by atoms with Crippen molar-refractivity contribution in [1.82, 2.24) is 4.98 Å². The molecule has 3 heterocycles. The van der Waals surface area contributed by atoms with E-state index in [1.807, 2.05) is 38.1 Å². The van der Waals surface area contributed by atoms with Gasteiger partial charge in [0.25, 0.3) is 5.91 Å². The summed E-state index contributed by atoms with van der Waals surface area (Å²) >= 11 is 1.43. The van der Waals surface area contributed by atoms with E-state index in [0.29, 0.717) is 27.4 Å². The van der Waals surface area contributed by atoms with Crippen molar-refractivity contribution in [3.8, 4) is 5.75 Å². The number of carbonyl (C=O) groups excluding carboxylic acids is 1. The molecule has 30 heavy (non-hydrogen) atoms. The third kappa shape index (κ3) is 2.66. The van der Waals surface area contributed by atoms with E-state index in [0.717, 1.165) is 16.1 Å². The van der Waals surface area contributed by atoms with Crippen LogP contribution in [0.25, 0.3) is 11.0 Å². The number of fused-ring (bicyclic) bond motifs is 2. The van der Waals surface area contributed by atoms with Crippen LogP contribution in [0.15, 0.2) is 57.7 Å². The number of ether oxygens (including phenoxy) is 1. The van der Waals surface area contributed by atoms with Crippen LogP contribution in [-0.4, -0.2) is 18.0 Å². The Labute approximate surface area is 176 Å². The number of hydrogen-bond acceptors (Lipinski definition) is 6. The number of carbonyl (C=O) groups is 1. The van der Waals surface area contributed by atoms with Crippen molar-refractivity contribution in [2.24, 2.45) is 0 Å². The van der Waals surface area contributed by atoms with Crippen molar-refractivity contribution in [1.29, 1.82) is 0 Å². The Kier molecular flexibility index (Phi) is 4.22. The van der Waals surface area contributed by atoms with E-state index in [1.165, 1.54) is 11.3 Å². The molecule has 1 aliphatic heterocycles. The van der Waals surface area contributed by atoms with Gasteiger partial charge in [-0.1, -0.05) is 24.3 Å². The standard InChI is InChI=1S/C23H18N2O4S/c1-12-13(2)30-23(24-12)25-19(14-8-10-15(28-3)11-9-14)18-20(26)16-6-4-5-7-17(16)29-21(18)22(25)27/h4-11,19H,1-3H3/t19-/m1/s1. The lowest BCUT2D eigenvalue weighted by Gasteiger charge is -2.22. The number of thiazole rings is 1. The van der Waals surface area contributed by atoms with Gasteiger partial charge in [-0.05, 0) is 43.7 Å². The molecule has 0 radical (unpaired) electrons. The van der Waals surface area contributed by atoms with E-state index in [1.54, 1.807) is 36.3 Å². The molecule has 1 atom stereocenters. The van der Waals surface area contributed by atoms with Crippen LogP contribution in [0.2, 0.25) is 0 Å². The molecule has 0 spiro atoms. The van der Waals surface area contributed by atoms with Gasteiger partial charge in [0.1, 0.15) is 11.3 Å². The number of aryl methyl sites for hydroxylation is 2. The van der Waals surface area contributed by atoms with Gasteiger partial charge in [0.2, 0.25) is 5.76 Å².